The van der Waals surface area contributed by atoms with E-state index in [1.54, 1.807) is 18.2 Å². The van der Waals surface area contributed by atoms with Gasteiger partial charge in [-0.2, -0.15) is 13.2 Å². The van der Waals surface area contributed by atoms with Gasteiger partial charge in [0.15, 0.2) is 9.76 Å². The lowest BCUT2D eigenvalue weighted by molar-refractivity contribution is -0.153. The van der Waals surface area contributed by atoms with E-state index in [4.69, 9.17) is 16.0 Å². The maximum absolute atomic E-state index is 12.2. The molecule has 0 heterocycles. The standard InChI is InChI=1S/C17H25ClF3NO2Si/c1-15(2,3)25-24-16(4,5)12-8-11(6-7-13(12)18)10-22-14(23)9-17(19,20)21/h6-8H,9-10,25H2,1-5H3,(H,22,23). The fraction of sp³-hybridized carbons (Fsp3) is 0.588. The highest BCUT2D eigenvalue weighted by molar-refractivity contribution is 6.32. The first-order valence-electron chi connectivity index (χ1n) is 7.96. The van der Waals surface area contributed by atoms with Gasteiger partial charge in [-0.05, 0) is 36.6 Å². The smallest absolute Gasteiger partial charge is 0.397 e. The van der Waals surface area contributed by atoms with Crippen LogP contribution in [0.4, 0.5) is 13.2 Å². The number of rotatable bonds is 6. The van der Waals surface area contributed by atoms with E-state index >= 15 is 0 Å². The summed E-state index contributed by atoms with van der Waals surface area (Å²) < 4.78 is 42.7. The normalized spacial score (nSPS) is 13.5. The van der Waals surface area contributed by atoms with Crippen LogP contribution in [0.3, 0.4) is 0 Å². The molecule has 1 rings (SSSR count). The van der Waals surface area contributed by atoms with Crippen molar-refractivity contribution in [1.29, 1.82) is 0 Å². The third-order valence-electron chi connectivity index (χ3n) is 3.40. The van der Waals surface area contributed by atoms with Crippen molar-refractivity contribution in [3.63, 3.8) is 0 Å². The Hall–Kier alpha value is -1.05. The van der Waals surface area contributed by atoms with Gasteiger partial charge in [0, 0.05) is 17.1 Å². The van der Waals surface area contributed by atoms with E-state index in [2.05, 4.69) is 26.1 Å². The minimum atomic E-state index is -4.51. The van der Waals surface area contributed by atoms with Gasteiger partial charge in [0.1, 0.15) is 6.42 Å². The summed E-state index contributed by atoms with van der Waals surface area (Å²) in [6.45, 7) is 10.2. The van der Waals surface area contributed by atoms with Crippen LogP contribution < -0.4 is 5.32 Å². The lowest BCUT2D eigenvalue weighted by Gasteiger charge is -2.31. The number of amides is 1. The average molecular weight is 396 g/mol. The van der Waals surface area contributed by atoms with Crippen LogP contribution >= 0.6 is 11.6 Å². The van der Waals surface area contributed by atoms with Gasteiger partial charge < -0.3 is 9.74 Å². The summed E-state index contributed by atoms with van der Waals surface area (Å²) >= 11 is 6.28. The van der Waals surface area contributed by atoms with E-state index in [0.717, 1.165) is 5.56 Å². The molecule has 0 saturated carbocycles. The summed E-state index contributed by atoms with van der Waals surface area (Å²) in [5, 5.41) is 2.92. The van der Waals surface area contributed by atoms with Crippen LogP contribution in [0.2, 0.25) is 10.1 Å². The zero-order chi connectivity index (χ0) is 19.5. The van der Waals surface area contributed by atoms with Crippen LogP contribution in [-0.2, 0) is 21.4 Å². The van der Waals surface area contributed by atoms with Crippen LogP contribution in [0.5, 0.6) is 0 Å². The highest BCUT2D eigenvalue weighted by atomic mass is 35.5. The van der Waals surface area contributed by atoms with Gasteiger partial charge in [0.05, 0.1) is 5.60 Å². The minimum absolute atomic E-state index is 0.00582. The highest BCUT2D eigenvalue weighted by Gasteiger charge is 2.31. The Labute approximate surface area is 154 Å². The molecule has 1 aromatic rings. The molecule has 0 fully saturated rings. The second-order valence-corrected chi connectivity index (χ2v) is 10.8. The fourth-order valence-corrected chi connectivity index (χ4v) is 3.36. The van der Waals surface area contributed by atoms with Crippen molar-refractivity contribution >= 4 is 27.3 Å². The van der Waals surface area contributed by atoms with Crippen molar-refractivity contribution in [3.8, 4) is 0 Å². The van der Waals surface area contributed by atoms with E-state index in [1.165, 1.54) is 0 Å². The third-order valence-corrected chi connectivity index (χ3v) is 5.46. The molecule has 0 bridgehead atoms. The molecule has 0 atom stereocenters. The molecule has 8 heteroatoms. The monoisotopic (exact) mass is 395 g/mol. The summed E-state index contributed by atoms with van der Waals surface area (Å²) in [4.78, 5) is 11.3. The van der Waals surface area contributed by atoms with Crippen molar-refractivity contribution in [3.05, 3.63) is 34.3 Å². The number of nitrogens with one attached hydrogen (secondary N) is 1. The number of hydrogen-bond donors (Lipinski definition) is 1. The predicted octanol–water partition coefficient (Wildman–Crippen LogP) is 4.46. The Bertz CT molecular complexity index is 613. The van der Waals surface area contributed by atoms with Crippen LogP contribution in [-0.4, -0.2) is 21.8 Å². The van der Waals surface area contributed by atoms with Crippen LogP contribution in [0.1, 0.15) is 52.2 Å². The van der Waals surface area contributed by atoms with E-state index < -0.39 is 33.9 Å². The fourth-order valence-electron chi connectivity index (χ4n) is 2.06. The van der Waals surface area contributed by atoms with Gasteiger partial charge in [-0.1, -0.05) is 38.4 Å². The maximum atomic E-state index is 12.2. The third kappa shape index (κ3) is 8.24. The van der Waals surface area contributed by atoms with Gasteiger partial charge in [0.25, 0.3) is 0 Å². The number of hydrogen-bond acceptors (Lipinski definition) is 2. The summed E-state index contributed by atoms with van der Waals surface area (Å²) in [7, 11) is -0.824. The molecule has 0 spiro atoms. The zero-order valence-electron chi connectivity index (χ0n) is 15.2. The first kappa shape index (κ1) is 22.0. The molecule has 25 heavy (non-hydrogen) atoms. The number of alkyl halides is 3. The Morgan fingerprint density at radius 1 is 1.20 bits per heavy atom. The largest absolute Gasteiger partial charge is 0.414 e. The van der Waals surface area contributed by atoms with Crippen molar-refractivity contribution < 1.29 is 22.4 Å². The predicted molar refractivity (Wildman–Crippen MR) is 96.3 cm³/mol. The van der Waals surface area contributed by atoms with Crippen molar-refractivity contribution in [2.75, 3.05) is 0 Å². The van der Waals surface area contributed by atoms with Crippen molar-refractivity contribution in [1.82, 2.24) is 5.32 Å². The molecule has 1 amide bonds. The van der Waals surface area contributed by atoms with Gasteiger partial charge in [-0.25, -0.2) is 0 Å². The van der Waals surface area contributed by atoms with Crippen LogP contribution in [0, 0.1) is 0 Å². The molecule has 142 valence electrons. The van der Waals surface area contributed by atoms with E-state index in [-0.39, 0.29) is 11.6 Å². The van der Waals surface area contributed by atoms with E-state index in [0.29, 0.717) is 10.6 Å². The Morgan fingerprint density at radius 2 is 1.80 bits per heavy atom. The molecule has 1 N–H and O–H groups in total. The van der Waals surface area contributed by atoms with E-state index in [1.807, 2.05) is 13.8 Å². The van der Waals surface area contributed by atoms with Gasteiger partial charge in [-0.15, -0.1) is 0 Å². The van der Waals surface area contributed by atoms with Gasteiger partial charge in [0.2, 0.25) is 5.91 Å². The molecule has 0 aliphatic carbocycles. The van der Waals surface area contributed by atoms with Gasteiger partial charge in [-0.3, -0.25) is 4.79 Å². The second kappa shape index (κ2) is 8.10. The molecule has 0 unspecified atom stereocenters. The van der Waals surface area contributed by atoms with E-state index in [9.17, 15) is 18.0 Å². The average Bonchev–Trinajstić information content (AvgIpc) is 2.42. The Balaban J connectivity index is 2.83. The number of carbonyl (C=O) groups is 1. The van der Waals surface area contributed by atoms with Crippen molar-refractivity contribution in [2.24, 2.45) is 0 Å². The van der Waals surface area contributed by atoms with Crippen LogP contribution in [0.15, 0.2) is 18.2 Å². The highest BCUT2D eigenvalue weighted by Crippen LogP contribution is 2.34. The van der Waals surface area contributed by atoms with Gasteiger partial charge >= 0.3 is 6.18 Å². The number of carbonyl (C=O) groups excluding carboxylic acids is 1. The summed E-state index contributed by atoms with van der Waals surface area (Å²) in [5.74, 6) is -1.06. The molecule has 1 aromatic carbocycles. The van der Waals surface area contributed by atoms with Crippen LogP contribution in [0.25, 0.3) is 0 Å². The molecule has 0 saturated heterocycles. The lowest BCUT2D eigenvalue weighted by Crippen LogP contribution is -2.29. The molecule has 0 aliphatic heterocycles. The summed E-state index contributed by atoms with van der Waals surface area (Å²) in [6.07, 6.45) is -6.00. The zero-order valence-corrected chi connectivity index (χ0v) is 17.4. The number of benzene rings is 1. The molecular weight excluding hydrogens is 371 g/mol. The summed E-state index contributed by atoms with van der Waals surface area (Å²) in [6, 6.07) is 5.12. The molecule has 0 radical (unpaired) electrons. The quantitative estimate of drug-likeness (QED) is 0.722. The molecular formula is C17H25ClF3NO2Si. The van der Waals surface area contributed by atoms with Crippen molar-refractivity contribution in [2.45, 2.75) is 64.4 Å². The topological polar surface area (TPSA) is 38.3 Å². The summed E-state index contributed by atoms with van der Waals surface area (Å²) in [5.41, 5.74) is 0.820. The first-order valence-corrected chi connectivity index (χ1v) is 9.62. The lowest BCUT2D eigenvalue weighted by atomic mass is 9.96. The Morgan fingerprint density at radius 3 is 2.32 bits per heavy atom. The first-order chi connectivity index (χ1) is 11.2. The Kier molecular flexibility index (Phi) is 7.12. The molecule has 3 nitrogen and oxygen atoms in total. The maximum Gasteiger partial charge on any atom is 0.397 e. The molecule has 0 aliphatic rings. The second-order valence-electron chi connectivity index (χ2n) is 7.74. The minimum Gasteiger partial charge on any atom is -0.414 e. The molecule has 0 aromatic heterocycles. The SMILES string of the molecule is CC(C)(C)[SiH2]OC(C)(C)c1cc(CNC(=O)CC(F)(F)F)ccc1Cl. The number of halogens is 4.